The number of nitrogens with two attached hydrogens (primary N) is 2. The first-order valence-electron chi connectivity index (χ1n) is 8.50. The first kappa shape index (κ1) is 20.9. The lowest BCUT2D eigenvalue weighted by Gasteiger charge is -2.27. The standard InChI is InChI=1S/C19H19ClFN5O2S/c20-17-7-6-16(29-17)19(28)24-10-12(22)11-26(23)15-5-4-13(9-14(15)21)25-8-2-1-3-18(25)27/h1-9,11,18,27H,10,22-23H2,(H,24,28)/b12-11-. The Morgan fingerprint density at radius 1 is 1.38 bits per heavy atom. The number of nitrogens with zero attached hydrogens (tertiary/aromatic N) is 2. The van der Waals surface area contributed by atoms with Gasteiger partial charge in [0.1, 0.15) is 12.0 Å². The summed E-state index contributed by atoms with van der Waals surface area (Å²) in [6, 6.07) is 7.59. The summed E-state index contributed by atoms with van der Waals surface area (Å²) in [6.07, 6.45) is 7.08. The van der Waals surface area contributed by atoms with Crippen molar-refractivity contribution in [2.24, 2.45) is 11.6 Å². The molecule has 3 rings (SSSR count). The van der Waals surface area contributed by atoms with Crippen molar-refractivity contribution in [3.05, 3.63) is 81.7 Å². The number of aliphatic hydroxyl groups excluding tert-OH is 1. The number of hydrogen-bond donors (Lipinski definition) is 4. The number of amides is 1. The molecular weight excluding hydrogens is 417 g/mol. The SMILES string of the molecule is N/C(=C\N(N)c1ccc(N2C=CC=CC2O)cc1F)CNC(=O)c1ccc(Cl)s1. The highest BCUT2D eigenvalue weighted by molar-refractivity contribution is 7.18. The lowest BCUT2D eigenvalue weighted by atomic mass is 10.2. The highest BCUT2D eigenvalue weighted by Gasteiger charge is 2.16. The monoisotopic (exact) mass is 435 g/mol. The van der Waals surface area contributed by atoms with Gasteiger partial charge in [-0.05, 0) is 42.5 Å². The maximum absolute atomic E-state index is 14.5. The van der Waals surface area contributed by atoms with Crippen molar-refractivity contribution in [2.45, 2.75) is 6.23 Å². The summed E-state index contributed by atoms with van der Waals surface area (Å²) in [5.74, 6) is 4.98. The van der Waals surface area contributed by atoms with Crippen molar-refractivity contribution in [3.8, 4) is 0 Å². The van der Waals surface area contributed by atoms with Gasteiger partial charge in [-0.15, -0.1) is 11.3 Å². The number of halogens is 2. The second kappa shape index (κ2) is 9.10. The van der Waals surface area contributed by atoms with Crippen LogP contribution in [0, 0.1) is 5.82 Å². The smallest absolute Gasteiger partial charge is 0.261 e. The van der Waals surface area contributed by atoms with Crippen molar-refractivity contribution in [1.82, 2.24) is 5.32 Å². The van der Waals surface area contributed by atoms with Gasteiger partial charge in [0, 0.05) is 23.8 Å². The first-order valence-corrected chi connectivity index (χ1v) is 9.69. The van der Waals surface area contributed by atoms with E-state index in [2.05, 4.69) is 5.32 Å². The third-order valence-electron chi connectivity index (χ3n) is 3.99. The molecule has 0 aliphatic carbocycles. The maximum atomic E-state index is 14.5. The molecule has 6 N–H and O–H groups in total. The van der Waals surface area contributed by atoms with Gasteiger partial charge >= 0.3 is 0 Å². The van der Waals surface area contributed by atoms with E-state index in [1.165, 1.54) is 23.2 Å². The van der Waals surface area contributed by atoms with Gasteiger partial charge in [-0.3, -0.25) is 9.80 Å². The van der Waals surface area contributed by atoms with E-state index >= 15 is 0 Å². The molecule has 0 bridgehead atoms. The van der Waals surface area contributed by atoms with E-state index in [4.69, 9.17) is 23.2 Å². The Hall–Kier alpha value is -2.85. The van der Waals surface area contributed by atoms with Crippen LogP contribution in [0.1, 0.15) is 9.67 Å². The van der Waals surface area contributed by atoms with Gasteiger partial charge in [-0.2, -0.15) is 0 Å². The Kier molecular flexibility index (Phi) is 6.55. The third kappa shape index (κ3) is 5.15. The largest absolute Gasteiger partial charge is 0.399 e. The molecule has 1 aromatic carbocycles. The molecule has 0 saturated heterocycles. The van der Waals surface area contributed by atoms with E-state index in [9.17, 15) is 14.3 Å². The number of nitrogens with one attached hydrogen (secondary N) is 1. The molecular formula is C19H19ClFN5O2S. The minimum absolute atomic E-state index is 0.0266. The van der Waals surface area contributed by atoms with Crippen LogP contribution < -0.4 is 26.8 Å². The van der Waals surface area contributed by atoms with Crippen LogP contribution in [-0.2, 0) is 0 Å². The van der Waals surface area contributed by atoms with Crippen LogP contribution >= 0.6 is 22.9 Å². The lowest BCUT2D eigenvalue weighted by molar-refractivity contribution is 0.0961. The number of aliphatic hydroxyl groups is 1. The molecule has 1 aliphatic heterocycles. The molecule has 1 atom stereocenters. The Balaban J connectivity index is 1.64. The molecule has 1 unspecified atom stereocenters. The number of anilines is 2. The quantitative estimate of drug-likeness (QED) is 0.410. The number of benzene rings is 1. The summed E-state index contributed by atoms with van der Waals surface area (Å²) in [6.45, 7) is 0.0266. The molecule has 2 heterocycles. The van der Waals surface area contributed by atoms with E-state index in [1.54, 1.807) is 42.6 Å². The van der Waals surface area contributed by atoms with Crippen LogP contribution in [-0.4, -0.2) is 23.8 Å². The fraction of sp³-hybridized carbons (Fsp3) is 0.105. The zero-order chi connectivity index (χ0) is 21.0. The van der Waals surface area contributed by atoms with E-state index in [0.29, 0.717) is 14.9 Å². The summed E-state index contributed by atoms with van der Waals surface area (Å²) in [5, 5.41) is 13.6. The molecule has 0 spiro atoms. The fourth-order valence-electron chi connectivity index (χ4n) is 2.59. The Morgan fingerprint density at radius 2 is 2.17 bits per heavy atom. The van der Waals surface area contributed by atoms with Gasteiger partial charge in [0.15, 0.2) is 0 Å². The second-order valence-electron chi connectivity index (χ2n) is 6.08. The summed E-state index contributed by atoms with van der Waals surface area (Å²) >= 11 is 6.96. The number of hydrogen-bond acceptors (Lipinski definition) is 7. The van der Waals surface area contributed by atoms with Crippen LogP contribution in [0.5, 0.6) is 0 Å². The molecule has 1 aliphatic rings. The van der Waals surface area contributed by atoms with E-state index in [1.807, 2.05) is 0 Å². The normalized spacial score (nSPS) is 16.2. The van der Waals surface area contributed by atoms with Crippen LogP contribution in [0.2, 0.25) is 4.34 Å². The summed E-state index contributed by atoms with van der Waals surface area (Å²) < 4.78 is 15.1. The zero-order valence-corrected chi connectivity index (χ0v) is 16.7. The van der Waals surface area contributed by atoms with Crippen molar-refractivity contribution >= 4 is 40.2 Å². The third-order valence-corrected chi connectivity index (χ3v) is 5.22. The first-order chi connectivity index (χ1) is 13.8. The van der Waals surface area contributed by atoms with Crippen molar-refractivity contribution in [2.75, 3.05) is 16.5 Å². The van der Waals surface area contributed by atoms with Gasteiger partial charge in [-0.1, -0.05) is 17.7 Å². The van der Waals surface area contributed by atoms with Crippen LogP contribution in [0.25, 0.3) is 0 Å². The molecule has 152 valence electrons. The lowest BCUT2D eigenvalue weighted by Crippen LogP contribution is -2.32. The average Bonchev–Trinajstić information content (AvgIpc) is 3.12. The van der Waals surface area contributed by atoms with E-state index in [0.717, 1.165) is 16.3 Å². The molecule has 10 heteroatoms. The molecule has 0 radical (unpaired) electrons. The fourth-order valence-corrected chi connectivity index (χ4v) is 3.55. The molecule has 1 aromatic heterocycles. The summed E-state index contributed by atoms with van der Waals surface area (Å²) in [7, 11) is 0. The molecule has 2 aromatic rings. The van der Waals surface area contributed by atoms with Crippen molar-refractivity contribution < 1.29 is 14.3 Å². The predicted octanol–water partition coefficient (Wildman–Crippen LogP) is 2.66. The predicted molar refractivity (Wildman–Crippen MR) is 114 cm³/mol. The minimum atomic E-state index is -0.878. The Labute approximate surface area is 175 Å². The molecule has 0 fully saturated rings. The van der Waals surface area contributed by atoms with Gasteiger partial charge in [-0.25, -0.2) is 10.2 Å². The minimum Gasteiger partial charge on any atom is -0.399 e. The van der Waals surface area contributed by atoms with E-state index < -0.39 is 12.0 Å². The number of allylic oxidation sites excluding steroid dienone is 2. The molecule has 29 heavy (non-hydrogen) atoms. The van der Waals surface area contributed by atoms with E-state index in [-0.39, 0.29) is 23.8 Å². The number of carbonyl (C=O) groups is 1. The molecule has 1 amide bonds. The summed E-state index contributed by atoms with van der Waals surface area (Å²) in [5.41, 5.74) is 6.66. The van der Waals surface area contributed by atoms with Crippen molar-refractivity contribution in [1.29, 1.82) is 0 Å². The van der Waals surface area contributed by atoms with Crippen LogP contribution in [0.4, 0.5) is 15.8 Å². The van der Waals surface area contributed by atoms with Gasteiger partial charge in [0.25, 0.3) is 5.91 Å². The number of thiophene rings is 1. The highest BCUT2D eigenvalue weighted by Crippen LogP contribution is 2.26. The zero-order valence-electron chi connectivity index (χ0n) is 15.1. The maximum Gasteiger partial charge on any atom is 0.261 e. The molecule has 0 saturated carbocycles. The Morgan fingerprint density at radius 3 is 2.83 bits per heavy atom. The van der Waals surface area contributed by atoms with Crippen LogP contribution in [0.3, 0.4) is 0 Å². The number of carbonyl (C=O) groups excluding carboxylic acids is 1. The number of hydrazine groups is 1. The Bertz CT molecular complexity index is 991. The molecule has 7 nitrogen and oxygen atoms in total. The topological polar surface area (TPSA) is 108 Å². The van der Waals surface area contributed by atoms with Crippen molar-refractivity contribution in [3.63, 3.8) is 0 Å². The second-order valence-corrected chi connectivity index (χ2v) is 7.80. The average molecular weight is 436 g/mol. The summed E-state index contributed by atoms with van der Waals surface area (Å²) in [4.78, 5) is 14.0. The van der Waals surface area contributed by atoms with Crippen LogP contribution in [0.15, 0.2) is 66.7 Å². The van der Waals surface area contributed by atoms with Gasteiger partial charge in [0.05, 0.1) is 21.4 Å². The van der Waals surface area contributed by atoms with Gasteiger partial charge < -0.3 is 21.1 Å². The number of rotatable bonds is 6. The highest BCUT2D eigenvalue weighted by atomic mass is 35.5. The van der Waals surface area contributed by atoms with Gasteiger partial charge in [0.2, 0.25) is 0 Å².